The molecule has 0 amide bonds. The molecule has 6 nitrogen and oxygen atoms in total. The number of hydrogen-bond acceptors (Lipinski definition) is 5. The third-order valence-electron chi connectivity index (χ3n) is 4.05. The largest absolute Gasteiger partial charge is 0.416 e. The van der Waals surface area contributed by atoms with Crippen LogP contribution in [0.15, 0.2) is 48.5 Å². The van der Waals surface area contributed by atoms with Crippen molar-refractivity contribution in [3.8, 4) is 11.4 Å². The third kappa shape index (κ3) is 4.54. The lowest BCUT2D eigenvalue weighted by Gasteiger charge is -2.11. The number of carbonyl (C=O) groups is 1. The van der Waals surface area contributed by atoms with Crippen molar-refractivity contribution >= 4 is 17.2 Å². The number of halogens is 3. The van der Waals surface area contributed by atoms with Crippen LogP contribution in [0.1, 0.15) is 19.4 Å². The summed E-state index contributed by atoms with van der Waals surface area (Å²) in [7, 11) is 0. The fourth-order valence-electron chi connectivity index (χ4n) is 2.43. The Balaban J connectivity index is 1.82. The summed E-state index contributed by atoms with van der Waals surface area (Å²) in [6.45, 7) is 3.62. The number of rotatable bonds is 6. The van der Waals surface area contributed by atoms with E-state index in [-0.39, 0.29) is 18.2 Å². The summed E-state index contributed by atoms with van der Waals surface area (Å²) in [5, 5.41) is 15.2. The second kappa shape index (κ2) is 7.79. The molecule has 0 bridgehead atoms. The van der Waals surface area contributed by atoms with Gasteiger partial charge in [-0.2, -0.15) is 18.0 Å². The summed E-state index contributed by atoms with van der Waals surface area (Å²) < 4.78 is 38.1. The van der Waals surface area contributed by atoms with Crippen LogP contribution >= 0.6 is 0 Å². The van der Waals surface area contributed by atoms with Gasteiger partial charge in [0, 0.05) is 22.9 Å². The average Bonchev–Trinajstić information content (AvgIpc) is 3.10. The highest BCUT2D eigenvalue weighted by molar-refractivity contribution is 5.80. The lowest BCUT2D eigenvalue weighted by atomic mass is 10.1. The Morgan fingerprint density at radius 2 is 1.79 bits per heavy atom. The fourth-order valence-corrected chi connectivity index (χ4v) is 2.43. The van der Waals surface area contributed by atoms with Crippen LogP contribution in [0, 0.1) is 5.92 Å². The van der Waals surface area contributed by atoms with Crippen LogP contribution in [0.4, 0.5) is 24.5 Å². The monoisotopic (exact) mass is 389 g/mol. The number of nitrogens with one attached hydrogen (secondary N) is 1. The van der Waals surface area contributed by atoms with E-state index < -0.39 is 11.7 Å². The van der Waals surface area contributed by atoms with Gasteiger partial charge in [0.05, 0.1) is 5.56 Å². The molecule has 0 saturated carbocycles. The fraction of sp³-hybridized carbons (Fsp3) is 0.263. The van der Waals surface area contributed by atoms with Gasteiger partial charge in [-0.1, -0.05) is 26.0 Å². The Hall–Kier alpha value is -3.23. The van der Waals surface area contributed by atoms with E-state index in [2.05, 4.69) is 20.7 Å². The van der Waals surface area contributed by atoms with E-state index in [1.165, 1.54) is 16.9 Å². The van der Waals surface area contributed by atoms with E-state index in [0.29, 0.717) is 22.8 Å². The van der Waals surface area contributed by atoms with Crippen LogP contribution < -0.4 is 5.32 Å². The highest BCUT2D eigenvalue weighted by atomic mass is 19.4. The van der Waals surface area contributed by atoms with Crippen molar-refractivity contribution in [2.45, 2.75) is 26.6 Å². The van der Waals surface area contributed by atoms with Crippen molar-refractivity contribution in [1.82, 2.24) is 20.2 Å². The number of nitrogens with zero attached hydrogens (tertiary/aromatic N) is 4. The van der Waals surface area contributed by atoms with Crippen LogP contribution in [0.5, 0.6) is 0 Å². The molecule has 28 heavy (non-hydrogen) atoms. The average molecular weight is 389 g/mol. The minimum atomic E-state index is -4.38. The molecule has 9 heteroatoms. The highest BCUT2D eigenvalue weighted by Crippen LogP contribution is 2.32. The van der Waals surface area contributed by atoms with Crippen molar-refractivity contribution in [1.29, 1.82) is 0 Å². The number of hydrogen-bond donors (Lipinski definition) is 1. The molecule has 0 aliphatic carbocycles. The smallest absolute Gasteiger partial charge is 0.355 e. The first kappa shape index (κ1) is 19.5. The van der Waals surface area contributed by atoms with Gasteiger partial charge in [0.25, 0.3) is 0 Å². The summed E-state index contributed by atoms with van der Waals surface area (Å²) in [4.78, 5) is 13.1. The summed E-state index contributed by atoms with van der Waals surface area (Å²) in [5.41, 5.74) is 0.997. The number of benzene rings is 2. The molecule has 0 aliphatic heterocycles. The number of Topliss-reactive ketones (excluding diaryl/α,β-unsaturated/α-hetero) is 1. The van der Waals surface area contributed by atoms with Gasteiger partial charge in [-0.3, -0.25) is 4.79 Å². The first-order chi connectivity index (χ1) is 13.2. The Kier molecular flexibility index (Phi) is 5.43. The van der Waals surface area contributed by atoms with Crippen molar-refractivity contribution in [3.63, 3.8) is 0 Å². The quantitative estimate of drug-likeness (QED) is 0.679. The van der Waals surface area contributed by atoms with Crippen LogP contribution in [0.3, 0.4) is 0 Å². The predicted molar refractivity (Wildman–Crippen MR) is 97.8 cm³/mol. The van der Waals surface area contributed by atoms with E-state index in [9.17, 15) is 18.0 Å². The van der Waals surface area contributed by atoms with Gasteiger partial charge >= 0.3 is 6.18 Å². The molecule has 1 N–H and O–H groups in total. The predicted octanol–water partition coefficient (Wildman–Crippen LogP) is 4.33. The minimum Gasteiger partial charge on any atom is -0.355 e. The number of aromatic nitrogens is 4. The van der Waals surface area contributed by atoms with E-state index in [1.807, 2.05) is 0 Å². The lowest BCUT2D eigenvalue weighted by Crippen LogP contribution is -2.17. The van der Waals surface area contributed by atoms with Gasteiger partial charge < -0.3 is 5.32 Å². The van der Waals surface area contributed by atoms with Crippen LogP contribution in [0.2, 0.25) is 0 Å². The topological polar surface area (TPSA) is 72.7 Å². The van der Waals surface area contributed by atoms with Gasteiger partial charge in [0.15, 0.2) is 5.78 Å². The van der Waals surface area contributed by atoms with Gasteiger partial charge in [0.1, 0.15) is 6.54 Å². The van der Waals surface area contributed by atoms with Crippen molar-refractivity contribution in [2.75, 3.05) is 5.32 Å². The third-order valence-corrected chi connectivity index (χ3v) is 4.05. The van der Waals surface area contributed by atoms with E-state index in [4.69, 9.17) is 0 Å². The Morgan fingerprint density at radius 1 is 1.11 bits per heavy atom. The molecule has 0 atom stereocenters. The van der Waals surface area contributed by atoms with Crippen LogP contribution in [-0.2, 0) is 17.5 Å². The molecule has 0 spiro atoms. The molecule has 2 aromatic carbocycles. The van der Waals surface area contributed by atoms with Crippen molar-refractivity contribution in [3.05, 3.63) is 54.1 Å². The Morgan fingerprint density at radius 3 is 2.43 bits per heavy atom. The van der Waals surface area contributed by atoms with Crippen molar-refractivity contribution in [2.24, 2.45) is 5.92 Å². The maximum atomic E-state index is 12.7. The normalized spacial score (nSPS) is 11.6. The maximum Gasteiger partial charge on any atom is 0.416 e. The first-order valence-corrected chi connectivity index (χ1v) is 8.58. The van der Waals surface area contributed by atoms with E-state index in [0.717, 1.165) is 12.1 Å². The van der Waals surface area contributed by atoms with E-state index in [1.54, 1.807) is 38.1 Å². The first-order valence-electron chi connectivity index (χ1n) is 8.58. The van der Waals surface area contributed by atoms with Crippen LogP contribution in [0.25, 0.3) is 11.4 Å². The molecule has 3 aromatic rings. The molecule has 0 fully saturated rings. The van der Waals surface area contributed by atoms with Gasteiger partial charge in [0.2, 0.25) is 5.82 Å². The molecular formula is C19H18F3N5O. The number of alkyl halides is 3. The Bertz CT molecular complexity index is 964. The molecule has 0 saturated heterocycles. The zero-order valence-electron chi connectivity index (χ0n) is 15.2. The zero-order chi connectivity index (χ0) is 20.3. The highest BCUT2D eigenvalue weighted by Gasteiger charge is 2.30. The molecule has 146 valence electrons. The van der Waals surface area contributed by atoms with E-state index >= 15 is 0 Å². The minimum absolute atomic E-state index is 0.0138. The maximum absolute atomic E-state index is 12.7. The number of para-hydroxylation sites is 1. The summed E-state index contributed by atoms with van der Waals surface area (Å²) in [6, 6.07) is 11.8. The number of anilines is 2. The summed E-state index contributed by atoms with van der Waals surface area (Å²) in [5.74, 6) is 0.162. The van der Waals surface area contributed by atoms with Gasteiger partial charge in [-0.15, -0.1) is 10.2 Å². The van der Waals surface area contributed by atoms with Gasteiger partial charge in [-0.05, 0) is 41.6 Å². The second-order valence-corrected chi connectivity index (χ2v) is 6.51. The number of tetrazole rings is 1. The zero-order valence-corrected chi connectivity index (χ0v) is 15.2. The summed E-state index contributed by atoms with van der Waals surface area (Å²) >= 11 is 0. The SMILES string of the molecule is CC(C)C(=O)Cn1nnc(-c2ccccc2Nc2ccc(C(F)(F)F)cc2)n1. The molecule has 0 unspecified atom stereocenters. The molecule has 0 radical (unpaired) electrons. The summed E-state index contributed by atoms with van der Waals surface area (Å²) in [6.07, 6.45) is -4.38. The molecule has 1 heterocycles. The molecule has 0 aliphatic rings. The van der Waals surface area contributed by atoms with Crippen LogP contribution in [-0.4, -0.2) is 26.0 Å². The lowest BCUT2D eigenvalue weighted by molar-refractivity contribution is -0.137. The van der Waals surface area contributed by atoms with Crippen molar-refractivity contribution < 1.29 is 18.0 Å². The molecule has 3 rings (SSSR count). The number of ketones is 1. The molecule has 1 aromatic heterocycles. The second-order valence-electron chi connectivity index (χ2n) is 6.51. The Labute approximate surface area is 159 Å². The number of carbonyl (C=O) groups excluding carboxylic acids is 1. The van der Waals surface area contributed by atoms with Gasteiger partial charge in [-0.25, -0.2) is 0 Å². The standard InChI is InChI=1S/C19H18F3N5O/c1-12(2)17(28)11-27-25-18(24-26-27)15-5-3-4-6-16(15)23-14-9-7-13(8-10-14)19(20,21)22/h3-10,12,23H,11H2,1-2H3. The molecular weight excluding hydrogens is 371 g/mol.